The second-order valence-electron chi connectivity index (χ2n) is 10.5. The minimum Gasteiger partial charge on any atom is -0.469 e. The molecule has 2 nitrogen and oxygen atoms in total. The normalized spacial score (nSPS) is 36.2. The average molecular weight is 403 g/mol. The third kappa shape index (κ3) is 7.14. The van der Waals surface area contributed by atoms with Crippen LogP contribution < -0.4 is 0 Å². The third-order valence-electron chi connectivity index (χ3n) is 8.55. The first-order valence-corrected chi connectivity index (χ1v) is 13.0. The van der Waals surface area contributed by atoms with Crippen LogP contribution >= 0.6 is 0 Å². The Hall–Kier alpha value is -0.790. The molecule has 3 fully saturated rings. The number of rotatable bonds is 8. The zero-order valence-electron chi connectivity index (χ0n) is 19.2. The summed E-state index contributed by atoms with van der Waals surface area (Å²) in [4.78, 5) is 11.7. The largest absolute Gasteiger partial charge is 0.469 e. The maximum Gasteiger partial charge on any atom is 0.308 e. The molecule has 0 unspecified atom stereocenters. The van der Waals surface area contributed by atoms with Gasteiger partial charge in [0.15, 0.2) is 0 Å². The van der Waals surface area contributed by atoms with E-state index in [1.54, 1.807) is 0 Å². The number of methoxy groups -OCH3 is 1. The Morgan fingerprint density at radius 3 is 1.79 bits per heavy atom. The van der Waals surface area contributed by atoms with Crippen LogP contribution in [0.15, 0.2) is 12.2 Å². The van der Waals surface area contributed by atoms with E-state index in [-0.39, 0.29) is 11.9 Å². The van der Waals surface area contributed by atoms with Crippen molar-refractivity contribution in [3.8, 4) is 0 Å². The molecule has 0 aromatic rings. The fourth-order valence-corrected chi connectivity index (χ4v) is 6.47. The fourth-order valence-electron chi connectivity index (χ4n) is 6.47. The molecule has 0 bridgehead atoms. The quantitative estimate of drug-likeness (QED) is 0.236. The van der Waals surface area contributed by atoms with E-state index >= 15 is 0 Å². The lowest BCUT2D eigenvalue weighted by Gasteiger charge is -2.37. The van der Waals surface area contributed by atoms with Crippen LogP contribution in [0.25, 0.3) is 0 Å². The molecule has 0 saturated heterocycles. The van der Waals surface area contributed by atoms with Gasteiger partial charge in [-0.25, -0.2) is 0 Å². The van der Waals surface area contributed by atoms with Gasteiger partial charge in [0.1, 0.15) is 0 Å². The Kier molecular flexibility index (Phi) is 9.59. The summed E-state index contributed by atoms with van der Waals surface area (Å²) in [5.41, 5.74) is 0. The molecule has 166 valence electrons. The third-order valence-corrected chi connectivity index (χ3v) is 8.55. The van der Waals surface area contributed by atoms with Gasteiger partial charge in [0.05, 0.1) is 13.0 Å². The van der Waals surface area contributed by atoms with E-state index in [4.69, 9.17) is 4.74 Å². The first-order valence-electron chi connectivity index (χ1n) is 13.0. The number of ether oxygens (including phenoxy) is 1. The van der Waals surface area contributed by atoms with Crippen LogP contribution in [0.1, 0.15) is 110 Å². The van der Waals surface area contributed by atoms with Gasteiger partial charge in [0.2, 0.25) is 0 Å². The number of unbranched alkanes of at least 4 members (excludes halogenated alkanes) is 2. The maximum atomic E-state index is 11.7. The molecule has 0 heterocycles. The minimum absolute atomic E-state index is 0.0206. The lowest BCUT2D eigenvalue weighted by atomic mass is 9.69. The summed E-state index contributed by atoms with van der Waals surface area (Å²) in [6.45, 7) is 2.31. The molecule has 0 aromatic heterocycles. The summed E-state index contributed by atoms with van der Waals surface area (Å²) in [6, 6.07) is 0. The van der Waals surface area contributed by atoms with Gasteiger partial charge >= 0.3 is 5.97 Å². The Morgan fingerprint density at radius 1 is 0.759 bits per heavy atom. The van der Waals surface area contributed by atoms with Gasteiger partial charge in [-0.3, -0.25) is 4.79 Å². The average Bonchev–Trinajstić information content (AvgIpc) is 2.78. The zero-order chi connectivity index (χ0) is 20.5. The molecule has 0 atom stereocenters. The summed E-state index contributed by atoms with van der Waals surface area (Å²) in [6.07, 6.45) is 26.9. The number of carbonyl (C=O) groups is 1. The highest BCUT2D eigenvalue weighted by molar-refractivity contribution is 5.72. The standard InChI is InChI=1S/C27H46O2/c1-3-4-5-6-21-7-9-22(10-8-21)11-12-23-13-15-24(16-14-23)25-17-19-26(20-18-25)27(28)29-2/h11-12,21-26H,3-10,13-20H2,1-2H3/t21-,22-,23-,24-,25-,26-. The molecule has 2 heteroatoms. The highest BCUT2D eigenvalue weighted by atomic mass is 16.5. The molecule has 0 amide bonds. The van der Waals surface area contributed by atoms with Crippen molar-refractivity contribution in [1.82, 2.24) is 0 Å². The Balaban J connectivity index is 1.31. The van der Waals surface area contributed by atoms with Crippen molar-refractivity contribution in [3.63, 3.8) is 0 Å². The number of hydrogen-bond acceptors (Lipinski definition) is 2. The topological polar surface area (TPSA) is 26.3 Å². The summed E-state index contributed by atoms with van der Waals surface area (Å²) < 4.78 is 4.94. The minimum atomic E-state index is 0.0206. The van der Waals surface area contributed by atoms with Crippen molar-refractivity contribution < 1.29 is 9.53 Å². The van der Waals surface area contributed by atoms with Crippen molar-refractivity contribution in [2.24, 2.45) is 35.5 Å². The highest BCUT2D eigenvalue weighted by Gasteiger charge is 2.33. The predicted octanol–water partition coefficient (Wildman–Crippen LogP) is 7.72. The highest BCUT2D eigenvalue weighted by Crippen LogP contribution is 2.42. The molecule has 0 aromatic carbocycles. The number of carbonyl (C=O) groups excluding carboxylic acids is 1. The molecule has 0 radical (unpaired) electrons. The molecule has 3 rings (SSSR count). The van der Waals surface area contributed by atoms with E-state index in [0.717, 1.165) is 42.4 Å². The van der Waals surface area contributed by atoms with Crippen molar-refractivity contribution >= 4 is 5.97 Å². The van der Waals surface area contributed by atoms with Crippen LogP contribution in [-0.4, -0.2) is 13.1 Å². The maximum absolute atomic E-state index is 11.7. The molecule has 3 aliphatic carbocycles. The molecule has 3 aliphatic rings. The summed E-state index contributed by atoms with van der Waals surface area (Å²) in [7, 11) is 1.53. The van der Waals surface area contributed by atoms with E-state index in [9.17, 15) is 4.79 Å². The van der Waals surface area contributed by atoms with E-state index < -0.39 is 0 Å². The summed E-state index contributed by atoms with van der Waals surface area (Å²) in [5, 5.41) is 0. The molecule has 3 saturated carbocycles. The lowest BCUT2D eigenvalue weighted by molar-refractivity contribution is -0.147. The van der Waals surface area contributed by atoms with E-state index in [1.165, 1.54) is 97.0 Å². The molecular weight excluding hydrogens is 356 g/mol. The van der Waals surface area contributed by atoms with Gasteiger partial charge in [0, 0.05) is 0 Å². The molecule has 0 spiro atoms. The van der Waals surface area contributed by atoms with E-state index in [2.05, 4.69) is 19.1 Å². The van der Waals surface area contributed by atoms with Crippen molar-refractivity contribution in [1.29, 1.82) is 0 Å². The zero-order valence-corrected chi connectivity index (χ0v) is 19.2. The van der Waals surface area contributed by atoms with Crippen LogP contribution in [0.3, 0.4) is 0 Å². The van der Waals surface area contributed by atoms with Gasteiger partial charge in [-0.15, -0.1) is 0 Å². The Bertz CT molecular complexity index is 487. The van der Waals surface area contributed by atoms with E-state index in [1.807, 2.05) is 0 Å². The fraction of sp³-hybridized carbons (Fsp3) is 0.889. The second-order valence-corrected chi connectivity index (χ2v) is 10.5. The first-order chi connectivity index (χ1) is 14.2. The van der Waals surface area contributed by atoms with Crippen LogP contribution in [0, 0.1) is 35.5 Å². The number of esters is 1. The SMILES string of the molecule is CCCCC[C@H]1CC[C@H](C=C[C@H]2CC[C@H]([C@H]3CC[C@H](C(=O)OC)CC3)CC2)CC1. The van der Waals surface area contributed by atoms with Gasteiger partial charge < -0.3 is 4.74 Å². The predicted molar refractivity (Wildman–Crippen MR) is 122 cm³/mol. The van der Waals surface area contributed by atoms with Crippen molar-refractivity contribution in [2.45, 2.75) is 110 Å². The van der Waals surface area contributed by atoms with Gasteiger partial charge in [-0.05, 0) is 107 Å². The molecule has 29 heavy (non-hydrogen) atoms. The lowest BCUT2D eigenvalue weighted by Crippen LogP contribution is -2.28. The summed E-state index contributed by atoms with van der Waals surface area (Å²) >= 11 is 0. The van der Waals surface area contributed by atoms with Crippen molar-refractivity contribution in [3.05, 3.63) is 12.2 Å². The van der Waals surface area contributed by atoms with Gasteiger partial charge in [0.25, 0.3) is 0 Å². The van der Waals surface area contributed by atoms with Crippen LogP contribution in [-0.2, 0) is 9.53 Å². The van der Waals surface area contributed by atoms with Gasteiger partial charge in [-0.2, -0.15) is 0 Å². The van der Waals surface area contributed by atoms with Crippen LogP contribution in [0.2, 0.25) is 0 Å². The first kappa shape index (κ1) is 22.9. The second kappa shape index (κ2) is 12.2. The molecule has 0 N–H and O–H groups in total. The van der Waals surface area contributed by atoms with Gasteiger partial charge in [-0.1, -0.05) is 44.8 Å². The number of hydrogen-bond donors (Lipinski definition) is 0. The van der Waals surface area contributed by atoms with E-state index in [0.29, 0.717) is 0 Å². The van der Waals surface area contributed by atoms with Crippen molar-refractivity contribution in [2.75, 3.05) is 7.11 Å². The monoisotopic (exact) mass is 402 g/mol. The smallest absolute Gasteiger partial charge is 0.308 e. The van der Waals surface area contributed by atoms with Crippen LogP contribution in [0.5, 0.6) is 0 Å². The summed E-state index contributed by atoms with van der Waals surface area (Å²) in [5.74, 6) is 4.70. The van der Waals surface area contributed by atoms with Crippen LogP contribution in [0.4, 0.5) is 0 Å². The molecule has 0 aliphatic heterocycles. The Morgan fingerprint density at radius 2 is 1.28 bits per heavy atom. The number of allylic oxidation sites excluding steroid dienone is 2. The Labute approximate surface area is 180 Å². The molecular formula is C27H46O2.